The van der Waals surface area contributed by atoms with Crippen LogP contribution in [0.25, 0.3) is 44.8 Å². The fraction of sp³-hybridized carbons (Fsp3) is 0.0909. The molecular weight excluding hydrogens is 564 g/mol. The average molecular weight is 590 g/mol. The number of rotatable bonds is 5. The van der Waals surface area contributed by atoms with Gasteiger partial charge in [-0.05, 0) is 84.3 Å². The van der Waals surface area contributed by atoms with Gasteiger partial charge in [-0.15, -0.1) is 0 Å². The Labute approximate surface area is 251 Å². The first-order valence-corrected chi connectivity index (χ1v) is 13.4. The molecule has 0 atom stereocenters. The van der Waals surface area contributed by atoms with Crippen molar-refractivity contribution in [1.29, 1.82) is 0 Å². The van der Waals surface area contributed by atoms with Gasteiger partial charge in [0.15, 0.2) is 0 Å². The lowest BCUT2D eigenvalue weighted by atomic mass is 10.0. The van der Waals surface area contributed by atoms with Gasteiger partial charge in [0.25, 0.3) is 0 Å². The normalized spacial score (nSPS) is 10.6. The molecule has 11 heteroatoms. The number of hydrogen-bond donors (Lipinski definition) is 0. The molecule has 218 valence electrons. The molecule has 0 aliphatic carbocycles. The Balaban J connectivity index is 0.000000175. The number of halogens is 2. The minimum atomic E-state index is -0.560. The van der Waals surface area contributed by atoms with Crippen LogP contribution in [0.4, 0.5) is 14.6 Å². The van der Waals surface area contributed by atoms with E-state index in [9.17, 15) is 18.9 Å². The Morgan fingerprint density at radius 2 is 1.05 bits per heavy atom. The van der Waals surface area contributed by atoms with Crippen LogP contribution >= 0.6 is 0 Å². The second-order valence-corrected chi connectivity index (χ2v) is 9.72. The monoisotopic (exact) mass is 589 g/mol. The summed E-state index contributed by atoms with van der Waals surface area (Å²) < 4.78 is 26.2. The number of nitrogens with zero attached hydrogens (tertiary/aromatic N) is 7. The number of nitro groups is 1. The van der Waals surface area contributed by atoms with Gasteiger partial charge in [-0.3, -0.25) is 4.98 Å². The lowest BCUT2D eigenvalue weighted by Gasteiger charge is -2.10. The largest absolute Gasteiger partial charge is 0.364 e. The summed E-state index contributed by atoms with van der Waals surface area (Å²) in [7, 11) is 0. The van der Waals surface area contributed by atoms with E-state index in [1.807, 2.05) is 26.0 Å². The molecule has 0 unspecified atom stereocenters. The number of hydrogen-bond acceptors (Lipinski definition) is 8. The van der Waals surface area contributed by atoms with E-state index in [4.69, 9.17) is 0 Å². The molecule has 9 nitrogen and oxygen atoms in total. The molecule has 0 fully saturated rings. The highest BCUT2D eigenvalue weighted by molar-refractivity contribution is 5.81. The van der Waals surface area contributed by atoms with Gasteiger partial charge >= 0.3 is 5.82 Å². The zero-order valence-corrected chi connectivity index (χ0v) is 23.9. The lowest BCUT2D eigenvalue weighted by Crippen LogP contribution is -1.97. The lowest BCUT2D eigenvalue weighted by molar-refractivity contribution is -0.389. The van der Waals surface area contributed by atoms with E-state index in [1.54, 1.807) is 55.8 Å². The maximum atomic E-state index is 13.1. The van der Waals surface area contributed by atoms with Crippen LogP contribution in [0.3, 0.4) is 0 Å². The standard InChI is InChI=1S/C17H14FN3.C16H11FN4O2/c1-11-9-14(7-8-19-11)17-16(10-20-12(2)21-17)13-3-5-15(18)6-4-13;1-10-19-9-14(11-2-4-13(17)5-3-11)16(20-10)12-6-7-18-15(8-12)21(22)23/h3-10H,1-2H3;2-9H,1H3. The molecule has 0 saturated heterocycles. The number of aryl methyl sites for hydroxylation is 3. The van der Waals surface area contributed by atoms with Crippen molar-refractivity contribution in [3.8, 4) is 44.8 Å². The maximum absolute atomic E-state index is 13.1. The van der Waals surface area contributed by atoms with Gasteiger partial charge in [0.05, 0.1) is 11.4 Å². The summed E-state index contributed by atoms with van der Waals surface area (Å²) in [5, 5.41) is 10.9. The molecule has 0 amide bonds. The van der Waals surface area contributed by atoms with Gasteiger partial charge in [-0.25, -0.2) is 28.7 Å². The van der Waals surface area contributed by atoms with Crippen LogP contribution in [0.2, 0.25) is 0 Å². The van der Waals surface area contributed by atoms with E-state index in [1.165, 1.54) is 36.5 Å². The average Bonchev–Trinajstić information content (AvgIpc) is 3.02. The molecule has 0 aliphatic heterocycles. The van der Waals surface area contributed by atoms with E-state index in [-0.39, 0.29) is 17.5 Å². The van der Waals surface area contributed by atoms with E-state index < -0.39 is 4.92 Å². The number of benzene rings is 2. The van der Waals surface area contributed by atoms with Gasteiger partial charge in [0, 0.05) is 52.6 Å². The van der Waals surface area contributed by atoms with E-state index in [0.29, 0.717) is 28.5 Å². The molecule has 0 N–H and O–H groups in total. The van der Waals surface area contributed by atoms with Gasteiger partial charge < -0.3 is 10.1 Å². The third-order valence-electron chi connectivity index (χ3n) is 6.50. The van der Waals surface area contributed by atoms with Gasteiger partial charge in [0.1, 0.15) is 29.5 Å². The quantitative estimate of drug-likeness (QED) is 0.150. The van der Waals surface area contributed by atoms with Crippen molar-refractivity contribution in [2.24, 2.45) is 0 Å². The zero-order valence-electron chi connectivity index (χ0n) is 23.9. The van der Waals surface area contributed by atoms with Crippen LogP contribution < -0.4 is 0 Å². The maximum Gasteiger partial charge on any atom is 0.364 e. The second-order valence-electron chi connectivity index (χ2n) is 9.72. The summed E-state index contributed by atoms with van der Waals surface area (Å²) in [6, 6.07) is 19.2. The Morgan fingerprint density at radius 3 is 1.50 bits per heavy atom. The number of pyridine rings is 2. The summed E-state index contributed by atoms with van der Waals surface area (Å²) in [4.78, 5) is 35.6. The van der Waals surface area contributed by atoms with Crippen molar-refractivity contribution in [2.45, 2.75) is 20.8 Å². The molecule has 44 heavy (non-hydrogen) atoms. The van der Waals surface area contributed by atoms with Crippen molar-refractivity contribution in [1.82, 2.24) is 29.9 Å². The van der Waals surface area contributed by atoms with Crippen LogP contribution in [0.1, 0.15) is 17.3 Å². The molecule has 0 bridgehead atoms. The topological polar surface area (TPSA) is 120 Å². The molecular formula is C33H25F2N7O2. The van der Waals surface area contributed by atoms with E-state index in [2.05, 4.69) is 29.9 Å². The molecule has 4 heterocycles. The van der Waals surface area contributed by atoms with Crippen LogP contribution in [-0.4, -0.2) is 34.8 Å². The zero-order chi connectivity index (χ0) is 31.2. The summed E-state index contributed by atoms with van der Waals surface area (Å²) in [6.45, 7) is 5.52. The minimum absolute atomic E-state index is 0.256. The molecule has 6 aromatic rings. The molecule has 0 aliphatic rings. The summed E-state index contributed by atoms with van der Waals surface area (Å²) in [5.74, 6) is 0.371. The molecule has 0 spiro atoms. The van der Waals surface area contributed by atoms with Crippen LogP contribution in [0.5, 0.6) is 0 Å². The Morgan fingerprint density at radius 1 is 0.591 bits per heavy atom. The van der Waals surface area contributed by atoms with Crippen molar-refractivity contribution in [2.75, 3.05) is 0 Å². The predicted molar refractivity (Wildman–Crippen MR) is 162 cm³/mol. The highest BCUT2D eigenvalue weighted by Gasteiger charge is 2.15. The third kappa shape index (κ3) is 6.96. The van der Waals surface area contributed by atoms with Crippen molar-refractivity contribution >= 4 is 5.82 Å². The molecule has 4 aromatic heterocycles. The molecule has 0 radical (unpaired) electrons. The third-order valence-corrected chi connectivity index (χ3v) is 6.50. The Kier molecular flexibility index (Phi) is 8.75. The molecule has 2 aromatic carbocycles. The molecule has 0 saturated carbocycles. The van der Waals surface area contributed by atoms with Gasteiger partial charge in [0.2, 0.25) is 0 Å². The summed E-state index contributed by atoms with van der Waals surface area (Å²) in [6.07, 6.45) is 6.52. The van der Waals surface area contributed by atoms with Crippen molar-refractivity contribution in [3.05, 3.63) is 137 Å². The van der Waals surface area contributed by atoms with Gasteiger partial charge in [-0.1, -0.05) is 24.3 Å². The minimum Gasteiger partial charge on any atom is -0.358 e. The van der Waals surface area contributed by atoms with Crippen LogP contribution in [0, 0.1) is 42.5 Å². The first-order chi connectivity index (χ1) is 21.2. The fourth-order valence-corrected chi connectivity index (χ4v) is 4.42. The van der Waals surface area contributed by atoms with Crippen LogP contribution in [-0.2, 0) is 0 Å². The summed E-state index contributed by atoms with van der Waals surface area (Å²) >= 11 is 0. The van der Waals surface area contributed by atoms with Gasteiger partial charge in [-0.2, -0.15) is 0 Å². The first-order valence-electron chi connectivity index (χ1n) is 13.4. The van der Waals surface area contributed by atoms with Crippen molar-refractivity contribution in [3.63, 3.8) is 0 Å². The fourth-order valence-electron chi connectivity index (χ4n) is 4.42. The summed E-state index contributed by atoms with van der Waals surface area (Å²) in [5.41, 5.74) is 6.98. The SMILES string of the molecule is Cc1cc(-c2nc(C)ncc2-c2ccc(F)cc2)ccn1.Cc1ncc(-c2ccc(F)cc2)c(-c2ccnc([N+](=O)[O-])c2)n1. The second kappa shape index (κ2) is 13.0. The predicted octanol–water partition coefficient (Wildman–Crippen LogP) is 7.52. The highest BCUT2D eigenvalue weighted by atomic mass is 19.1. The smallest absolute Gasteiger partial charge is 0.358 e. The Bertz CT molecular complexity index is 1950. The molecule has 6 rings (SSSR count). The highest BCUT2D eigenvalue weighted by Crippen LogP contribution is 2.32. The van der Waals surface area contributed by atoms with Crippen LogP contribution in [0.15, 0.2) is 97.6 Å². The number of aromatic nitrogens is 6. The Hall–Kier alpha value is -5.84. The van der Waals surface area contributed by atoms with E-state index in [0.717, 1.165) is 33.6 Å². The first kappa shape index (κ1) is 29.6. The van der Waals surface area contributed by atoms with E-state index >= 15 is 0 Å². The van der Waals surface area contributed by atoms with Crippen molar-refractivity contribution < 1.29 is 13.7 Å².